The van der Waals surface area contributed by atoms with E-state index in [-0.39, 0.29) is 5.78 Å². The second-order valence-corrected chi connectivity index (χ2v) is 4.02. The van der Waals surface area contributed by atoms with Gasteiger partial charge in [-0.25, -0.2) is 4.79 Å². The monoisotopic (exact) mass is 211 g/mol. The molecule has 1 saturated heterocycles. The van der Waals surface area contributed by atoms with Crippen LogP contribution in [0.15, 0.2) is 12.3 Å². The Morgan fingerprint density at radius 3 is 2.67 bits per heavy atom. The van der Waals surface area contributed by atoms with E-state index in [9.17, 15) is 9.59 Å². The Morgan fingerprint density at radius 2 is 2.13 bits per heavy atom. The molecule has 1 fully saturated rings. The van der Waals surface area contributed by atoms with Crippen LogP contribution in [0.5, 0.6) is 0 Å². The average Bonchev–Trinajstić information content (AvgIpc) is 2.18. The van der Waals surface area contributed by atoms with Gasteiger partial charge in [0.25, 0.3) is 0 Å². The lowest BCUT2D eigenvalue weighted by Gasteiger charge is -2.40. The summed E-state index contributed by atoms with van der Waals surface area (Å²) >= 11 is 0. The number of carboxylic acid groups (broad SMARTS) is 1. The molecule has 2 rings (SSSR count). The Labute approximate surface area is 87.3 Å². The van der Waals surface area contributed by atoms with Crippen LogP contribution >= 0.6 is 0 Å². The summed E-state index contributed by atoms with van der Waals surface area (Å²) in [5.41, 5.74) is -0.447. The Balaban J connectivity index is 2.00. The maximum absolute atomic E-state index is 11.3. The van der Waals surface area contributed by atoms with Crippen LogP contribution in [-0.4, -0.2) is 40.6 Å². The fourth-order valence-electron chi connectivity index (χ4n) is 2.07. The topological polar surface area (TPSA) is 66.8 Å². The number of hydrogen-bond acceptors (Lipinski definition) is 3. The molecule has 0 aromatic rings. The van der Waals surface area contributed by atoms with Gasteiger partial charge < -0.3 is 14.7 Å². The highest BCUT2D eigenvalue weighted by Gasteiger charge is 2.40. The fourth-order valence-corrected chi connectivity index (χ4v) is 2.07. The minimum Gasteiger partial charge on any atom is -0.494 e. The number of nitrogens with zero attached hydrogens (tertiary/aromatic N) is 1. The van der Waals surface area contributed by atoms with Crippen molar-refractivity contribution in [2.45, 2.75) is 24.9 Å². The van der Waals surface area contributed by atoms with Gasteiger partial charge in [0.05, 0.1) is 12.7 Å². The minimum absolute atomic E-state index is 0.0602. The van der Waals surface area contributed by atoms with Crippen LogP contribution in [0, 0.1) is 0 Å². The summed E-state index contributed by atoms with van der Waals surface area (Å²) in [5.74, 6) is 0.0602. The smallest absolute Gasteiger partial charge is 0.407 e. The molecule has 2 aliphatic heterocycles. The maximum atomic E-state index is 11.3. The summed E-state index contributed by atoms with van der Waals surface area (Å²) in [6.45, 7) is 0.882. The molecule has 0 atom stereocenters. The van der Waals surface area contributed by atoms with Gasteiger partial charge in [-0.15, -0.1) is 0 Å². The average molecular weight is 211 g/mol. The quantitative estimate of drug-likeness (QED) is 0.649. The van der Waals surface area contributed by atoms with Gasteiger partial charge in [0.2, 0.25) is 0 Å². The van der Waals surface area contributed by atoms with E-state index in [2.05, 4.69) is 0 Å². The zero-order valence-electron chi connectivity index (χ0n) is 8.31. The molecule has 0 aromatic heterocycles. The Bertz CT molecular complexity index is 315. The number of rotatable bonds is 0. The number of hydrogen-bond donors (Lipinski definition) is 1. The fraction of sp³-hybridized carbons (Fsp3) is 0.600. The van der Waals surface area contributed by atoms with E-state index < -0.39 is 11.7 Å². The number of ketones is 1. The third kappa shape index (κ3) is 1.95. The van der Waals surface area contributed by atoms with Crippen molar-refractivity contribution in [3.8, 4) is 0 Å². The van der Waals surface area contributed by atoms with Gasteiger partial charge in [0.15, 0.2) is 5.78 Å². The van der Waals surface area contributed by atoms with Crippen molar-refractivity contribution >= 4 is 11.9 Å². The van der Waals surface area contributed by atoms with Crippen molar-refractivity contribution in [1.82, 2.24) is 4.90 Å². The number of likely N-dealkylation sites (tertiary alicyclic amines) is 1. The van der Waals surface area contributed by atoms with E-state index in [4.69, 9.17) is 9.84 Å². The van der Waals surface area contributed by atoms with E-state index in [1.165, 1.54) is 17.2 Å². The van der Waals surface area contributed by atoms with E-state index >= 15 is 0 Å². The van der Waals surface area contributed by atoms with Gasteiger partial charge in [-0.3, -0.25) is 4.79 Å². The molecule has 0 aromatic carbocycles. The van der Waals surface area contributed by atoms with Crippen molar-refractivity contribution < 1.29 is 19.4 Å². The van der Waals surface area contributed by atoms with Gasteiger partial charge in [0.1, 0.15) is 5.60 Å². The molecule has 1 N–H and O–H groups in total. The van der Waals surface area contributed by atoms with Crippen LogP contribution in [0.25, 0.3) is 0 Å². The maximum Gasteiger partial charge on any atom is 0.407 e. The Kier molecular flexibility index (Phi) is 2.38. The molecule has 5 heteroatoms. The zero-order valence-corrected chi connectivity index (χ0v) is 8.31. The summed E-state index contributed by atoms with van der Waals surface area (Å²) in [6.07, 6.45) is 3.52. The zero-order chi connectivity index (χ0) is 10.9. The SMILES string of the molecule is O=C1C=COC2(CCN(C(=O)O)CC2)C1. The lowest BCUT2D eigenvalue weighted by atomic mass is 9.85. The van der Waals surface area contributed by atoms with Crippen LogP contribution in [0.2, 0.25) is 0 Å². The highest BCUT2D eigenvalue weighted by atomic mass is 16.5. The number of ether oxygens (including phenoxy) is 1. The highest BCUT2D eigenvalue weighted by molar-refractivity contribution is 5.90. The molecular formula is C10H13NO4. The summed E-state index contributed by atoms with van der Waals surface area (Å²) in [7, 11) is 0. The second kappa shape index (κ2) is 3.56. The van der Waals surface area contributed by atoms with Crippen LogP contribution < -0.4 is 0 Å². The molecule has 2 heterocycles. The molecule has 1 spiro atoms. The molecular weight excluding hydrogens is 198 g/mol. The molecule has 0 radical (unpaired) electrons. The molecule has 0 bridgehead atoms. The normalized spacial score (nSPS) is 24.0. The van der Waals surface area contributed by atoms with E-state index in [1.54, 1.807) is 0 Å². The molecule has 5 nitrogen and oxygen atoms in total. The van der Waals surface area contributed by atoms with Crippen molar-refractivity contribution in [2.75, 3.05) is 13.1 Å². The van der Waals surface area contributed by atoms with Gasteiger partial charge in [0, 0.05) is 32.0 Å². The molecule has 0 aliphatic carbocycles. The Hall–Kier alpha value is -1.52. The first-order chi connectivity index (χ1) is 7.11. The van der Waals surface area contributed by atoms with Crippen LogP contribution in [0.1, 0.15) is 19.3 Å². The number of amides is 1. The predicted molar refractivity (Wildman–Crippen MR) is 51.4 cm³/mol. The standard InChI is InChI=1S/C10H13NO4/c12-8-1-6-15-10(7-8)2-4-11(5-3-10)9(13)14/h1,6H,2-5,7H2,(H,13,14). The van der Waals surface area contributed by atoms with Crippen LogP contribution in [-0.2, 0) is 9.53 Å². The summed E-state index contributed by atoms with van der Waals surface area (Å²) < 4.78 is 5.48. The number of piperidine rings is 1. The third-order valence-electron chi connectivity index (χ3n) is 3.01. The van der Waals surface area contributed by atoms with Crippen molar-refractivity contribution in [3.05, 3.63) is 12.3 Å². The molecule has 0 saturated carbocycles. The predicted octanol–water partition coefficient (Wildman–Crippen LogP) is 1.00. The lowest BCUT2D eigenvalue weighted by Crippen LogP contribution is -2.48. The number of allylic oxidation sites excluding steroid dienone is 1. The van der Waals surface area contributed by atoms with E-state index in [0.717, 1.165) is 0 Å². The minimum atomic E-state index is -0.900. The van der Waals surface area contributed by atoms with Crippen LogP contribution in [0.3, 0.4) is 0 Å². The van der Waals surface area contributed by atoms with Crippen molar-refractivity contribution in [3.63, 3.8) is 0 Å². The second-order valence-electron chi connectivity index (χ2n) is 4.02. The van der Waals surface area contributed by atoms with Gasteiger partial charge in [-0.1, -0.05) is 0 Å². The lowest BCUT2D eigenvalue weighted by molar-refractivity contribution is -0.125. The summed E-state index contributed by atoms with van der Waals surface area (Å²) in [4.78, 5) is 23.3. The summed E-state index contributed by atoms with van der Waals surface area (Å²) in [6, 6.07) is 0. The largest absolute Gasteiger partial charge is 0.494 e. The first-order valence-electron chi connectivity index (χ1n) is 4.96. The first-order valence-corrected chi connectivity index (χ1v) is 4.96. The van der Waals surface area contributed by atoms with Gasteiger partial charge in [-0.2, -0.15) is 0 Å². The van der Waals surface area contributed by atoms with Crippen LogP contribution in [0.4, 0.5) is 4.79 Å². The number of carbonyl (C=O) groups is 2. The van der Waals surface area contributed by atoms with E-state index in [0.29, 0.717) is 32.4 Å². The highest BCUT2D eigenvalue weighted by Crippen LogP contribution is 2.32. The molecule has 0 unspecified atom stereocenters. The third-order valence-corrected chi connectivity index (χ3v) is 3.01. The number of carbonyl (C=O) groups excluding carboxylic acids is 1. The first kappa shape index (κ1) is 10.0. The van der Waals surface area contributed by atoms with Crippen molar-refractivity contribution in [1.29, 1.82) is 0 Å². The summed E-state index contributed by atoms with van der Waals surface area (Å²) in [5, 5.41) is 8.78. The van der Waals surface area contributed by atoms with Gasteiger partial charge in [-0.05, 0) is 0 Å². The van der Waals surface area contributed by atoms with Crippen molar-refractivity contribution in [2.24, 2.45) is 0 Å². The molecule has 15 heavy (non-hydrogen) atoms. The van der Waals surface area contributed by atoms with Gasteiger partial charge >= 0.3 is 6.09 Å². The molecule has 2 aliphatic rings. The molecule has 82 valence electrons. The molecule has 1 amide bonds. The van der Waals surface area contributed by atoms with E-state index in [1.807, 2.05) is 0 Å². The Morgan fingerprint density at radius 1 is 1.47 bits per heavy atom.